The molecule has 3 amide bonds. The predicted molar refractivity (Wildman–Crippen MR) is 86.1 cm³/mol. The first-order valence-electron chi connectivity index (χ1n) is 7.66. The van der Waals surface area contributed by atoms with Gasteiger partial charge in [0, 0.05) is 0 Å². The summed E-state index contributed by atoms with van der Waals surface area (Å²) in [6, 6.07) is -3.70. The zero-order chi connectivity index (χ0) is 19.7. The molecule has 0 aromatic rings. The first kappa shape index (κ1) is 22.8. The zero-order valence-corrected chi connectivity index (χ0v) is 14.4. The van der Waals surface area contributed by atoms with Crippen molar-refractivity contribution in [3.63, 3.8) is 0 Å². The summed E-state index contributed by atoms with van der Waals surface area (Å²) in [4.78, 5) is 46.2. The highest BCUT2D eigenvalue weighted by molar-refractivity contribution is 5.92. The second kappa shape index (κ2) is 10.6. The van der Waals surface area contributed by atoms with E-state index in [-0.39, 0.29) is 5.92 Å². The number of carboxylic acid groups (broad SMARTS) is 1. The molecule has 0 bridgehead atoms. The third-order valence-electron chi connectivity index (χ3n) is 3.32. The topological polar surface area (TPSA) is 191 Å². The van der Waals surface area contributed by atoms with Crippen LogP contribution in [0.2, 0.25) is 0 Å². The molecule has 4 unspecified atom stereocenters. The third-order valence-corrected chi connectivity index (χ3v) is 3.32. The van der Waals surface area contributed by atoms with Crippen LogP contribution in [0.1, 0.15) is 20.8 Å². The Bertz CT molecular complexity index is 496. The standard InChI is InChI=1S/C14H26N4O7/c1-6(2)10(15)13(23)17-8(5-19)12(22)16-4-9(21)18-11(7(3)20)14(24)25/h6-8,10-11,19-20H,4-5,15H2,1-3H3,(H,16,22)(H,17,23)(H,18,21)(H,24,25). The van der Waals surface area contributed by atoms with E-state index in [1.54, 1.807) is 13.8 Å². The molecule has 0 saturated heterocycles. The first-order valence-corrected chi connectivity index (χ1v) is 7.66. The number of aliphatic hydroxyl groups is 2. The molecule has 8 N–H and O–H groups in total. The number of aliphatic hydroxyl groups excluding tert-OH is 2. The van der Waals surface area contributed by atoms with Gasteiger partial charge >= 0.3 is 5.97 Å². The maximum absolute atomic E-state index is 11.9. The number of carbonyl (C=O) groups excluding carboxylic acids is 3. The fourth-order valence-corrected chi connectivity index (χ4v) is 1.67. The molecule has 0 aliphatic carbocycles. The molecule has 0 aliphatic rings. The van der Waals surface area contributed by atoms with Crippen molar-refractivity contribution < 1.29 is 34.5 Å². The number of carboxylic acids is 1. The second-order valence-electron chi connectivity index (χ2n) is 5.86. The molecule has 0 aromatic heterocycles. The maximum Gasteiger partial charge on any atom is 0.328 e. The second-order valence-corrected chi connectivity index (χ2v) is 5.86. The van der Waals surface area contributed by atoms with Crippen LogP contribution in [0.4, 0.5) is 0 Å². The molecule has 144 valence electrons. The van der Waals surface area contributed by atoms with Crippen LogP contribution in [0, 0.1) is 5.92 Å². The molecule has 0 spiro atoms. The van der Waals surface area contributed by atoms with Crippen LogP contribution in [0.15, 0.2) is 0 Å². The summed E-state index contributed by atoms with van der Waals surface area (Å²) in [5, 5.41) is 33.7. The molecule has 0 aliphatic heterocycles. The average Bonchev–Trinajstić information content (AvgIpc) is 2.53. The molecular formula is C14H26N4O7. The Morgan fingerprint density at radius 1 is 1.04 bits per heavy atom. The van der Waals surface area contributed by atoms with Crippen LogP contribution >= 0.6 is 0 Å². The number of nitrogens with two attached hydrogens (primary N) is 1. The van der Waals surface area contributed by atoms with Gasteiger partial charge in [0.1, 0.15) is 6.04 Å². The fourth-order valence-electron chi connectivity index (χ4n) is 1.67. The van der Waals surface area contributed by atoms with E-state index in [2.05, 4.69) is 10.6 Å². The number of hydrogen-bond donors (Lipinski definition) is 7. The normalized spacial score (nSPS) is 15.6. The molecule has 11 nitrogen and oxygen atoms in total. The molecular weight excluding hydrogens is 336 g/mol. The maximum atomic E-state index is 11.9. The number of carbonyl (C=O) groups is 4. The molecule has 0 heterocycles. The molecule has 0 saturated carbocycles. The SMILES string of the molecule is CC(C)C(N)C(=O)NC(CO)C(=O)NCC(=O)NC(C(=O)O)C(C)O. The zero-order valence-electron chi connectivity index (χ0n) is 14.4. The first-order chi connectivity index (χ1) is 11.5. The highest BCUT2D eigenvalue weighted by Crippen LogP contribution is 1.99. The number of aliphatic carboxylic acids is 1. The molecule has 25 heavy (non-hydrogen) atoms. The number of nitrogens with one attached hydrogen (secondary N) is 3. The molecule has 0 radical (unpaired) electrons. The lowest BCUT2D eigenvalue weighted by Crippen LogP contribution is -2.56. The van der Waals surface area contributed by atoms with E-state index in [0.29, 0.717) is 0 Å². The van der Waals surface area contributed by atoms with E-state index in [1.165, 1.54) is 6.92 Å². The Labute approximate surface area is 145 Å². The van der Waals surface area contributed by atoms with E-state index in [9.17, 15) is 29.4 Å². The van der Waals surface area contributed by atoms with Gasteiger partial charge in [-0.25, -0.2) is 4.79 Å². The highest BCUT2D eigenvalue weighted by atomic mass is 16.4. The van der Waals surface area contributed by atoms with Crippen LogP contribution in [-0.2, 0) is 19.2 Å². The molecule has 4 atom stereocenters. The largest absolute Gasteiger partial charge is 0.480 e. The monoisotopic (exact) mass is 362 g/mol. The number of rotatable bonds is 10. The lowest BCUT2D eigenvalue weighted by Gasteiger charge is -2.21. The van der Waals surface area contributed by atoms with Gasteiger partial charge in [-0.2, -0.15) is 0 Å². The summed E-state index contributed by atoms with van der Waals surface area (Å²) in [7, 11) is 0. The van der Waals surface area contributed by atoms with Gasteiger partial charge in [0.25, 0.3) is 0 Å². The van der Waals surface area contributed by atoms with E-state index >= 15 is 0 Å². The van der Waals surface area contributed by atoms with Gasteiger partial charge in [-0.05, 0) is 12.8 Å². The van der Waals surface area contributed by atoms with Crippen LogP contribution in [0.25, 0.3) is 0 Å². The van der Waals surface area contributed by atoms with Crippen molar-refractivity contribution >= 4 is 23.7 Å². The molecule has 0 aromatic carbocycles. The van der Waals surface area contributed by atoms with Gasteiger partial charge < -0.3 is 37.0 Å². The Hall–Kier alpha value is -2.24. The molecule has 11 heteroatoms. The number of hydrogen-bond acceptors (Lipinski definition) is 7. The average molecular weight is 362 g/mol. The predicted octanol–water partition coefficient (Wildman–Crippen LogP) is -3.49. The Kier molecular flexibility index (Phi) is 9.64. The number of amides is 3. The minimum Gasteiger partial charge on any atom is -0.480 e. The molecule has 0 rings (SSSR count). The van der Waals surface area contributed by atoms with E-state index in [1.807, 2.05) is 5.32 Å². The minimum absolute atomic E-state index is 0.179. The van der Waals surface area contributed by atoms with Gasteiger partial charge in [-0.3, -0.25) is 14.4 Å². The van der Waals surface area contributed by atoms with Crippen LogP contribution in [-0.4, -0.2) is 76.4 Å². The summed E-state index contributed by atoms with van der Waals surface area (Å²) in [5.74, 6) is -3.94. The van der Waals surface area contributed by atoms with Gasteiger partial charge in [0.15, 0.2) is 6.04 Å². The summed E-state index contributed by atoms with van der Waals surface area (Å²) in [6.07, 6.45) is -1.33. The smallest absolute Gasteiger partial charge is 0.328 e. The Balaban J connectivity index is 4.57. The van der Waals surface area contributed by atoms with Crippen molar-refractivity contribution in [1.29, 1.82) is 0 Å². The van der Waals surface area contributed by atoms with E-state index < -0.39 is 61.1 Å². The van der Waals surface area contributed by atoms with E-state index in [0.717, 1.165) is 0 Å². The highest BCUT2D eigenvalue weighted by Gasteiger charge is 2.27. The van der Waals surface area contributed by atoms with Crippen molar-refractivity contribution in [1.82, 2.24) is 16.0 Å². The lowest BCUT2D eigenvalue weighted by molar-refractivity contribution is -0.144. The fraction of sp³-hybridized carbons (Fsp3) is 0.714. The minimum atomic E-state index is -1.53. The van der Waals surface area contributed by atoms with Crippen molar-refractivity contribution in [3.05, 3.63) is 0 Å². The van der Waals surface area contributed by atoms with Gasteiger partial charge in [0.05, 0.1) is 25.3 Å². The third kappa shape index (κ3) is 7.92. The van der Waals surface area contributed by atoms with Crippen molar-refractivity contribution in [2.24, 2.45) is 11.7 Å². The van der Waals surface area contributed by atoms with Crippen LogP contribution in [0.3, 0.4) is 0 Å². The summed E-state index contributed by atoms with van der Waals surface area (Å²) < 4.78 is 0. The summed E-state index contributed by atoms with van der Waals surface area (Å²) in [6.45, 7) is 3.30. The van der Waals surface area contributed by atoms with Gasteiger partial charge in [-0.15, -0.1) is 0 Å². The summed E-state index contributed by atoms with van der Waals surface area (Å²) >= 11 is 0. The van der Waals surface area contributed by atoms with Crippen molar-refractivity contribution in [2.75, 3.05) is 13.2 Å². The van der Waals surface area contributed by atoms with E-state index in [4.69, 9.17) is 10.8 Å². The van der Waals surface area contributed by atoms with Crippen molar-refractivity contribution in [2.45, 2.75) is 45.0 Å². The molecule has 0 fully saturated rings. The van der Waals surface area contributed by atoms with Crippen LogP contribution in [0.5, 0.6) is 0 Å². The quantitative estimate of drug-likeness (QED) is 0.208. The summed E-state index contributed by atoms with van der Waals surface area (Å²) in [5.41, 5.74) is 5.63. The van der Waals surface area contributed by atoms with Gasteiger partial charge in [-0.1, -0.05) is 13.8 Å². The van der Waals surface area contributed by atoms with Gasteiger partial charge in [0.2, 0.25) is 17.7 Å². The Morgan fingerprint density at radius 2 is 1.60 bits per heavy atom. The Morgan fingerprint density at radius 3 is 2.00 bits per heavy atom. The lowest BCUT2D eigenvalue weighted by atomic mass is 10.0. The van der Waals surface area contributed by atoms with Crippen LogP contribution < -0.4 is 21.7 Å². The van der Waals surface area contributed by atoms with Crippen molar-refractivity contribution in [3.8, 4) is 0 Å².